The molecule has 1 aromatic heterocycles. The second-order valence-electron chi connectivity index (χ2n) is 6.59. The Kier molecular flexibility index (Phi) is 3.13. The number of ether oxygens (including phenoxy) is 1. The molecule has 0 amide bonds. The van der Waals surface area contributed by atoms with Gasteiger partial charge in [-0.15, -0.1) is 0 Å². The maximum Gasteiger partial charge on any atom is 0.171 e. The highest BCUT2D eigenvalue weighted by Crippen LogP contribution is 2.36. The Morgan fingerprint density at radius 1 is 1.37 bits per heavy atom. The highest BCUT2D eigenvalue weighted by molar-refractivity contribution is 5.53. The lowest BCUT2D eigenvalue weighted by Gasteiger charge is -2.45. The summed E-state index contributed by atoms with van der Waals surface area (Å²) >= 11 is 0. The Morgan fingerprint density at radius 3 is 3.05 bits per heavy atom. The number of rotatable bonds is 0. The van der Waals surface area contributed by atoms with Gasteiger partial charge in [0.15, 0.2) is 11.6 Å². The third-order valence-corrected chi connectivity index (χ3v) is 4.12. The predicted molar refractivity (Wildman–Crippen MR) is 76.8 cm³/mol. The number of hydrogen-bond donors (Lipinski definition) is 0. The molecule has 0 saturated carbocycles. The molecule has 1 atom stereocenters. The summed E-state index contributed by atoms with van der Waals surface area (Å²) in [7, 11) is 2.21. The smallest absolute Gasteiger partial charge is 0.171 e. The minimum absolute atomic E-state index is 0.203. The van der Waals surface area contributed by atoms with Crippen molar-refractivity contribution in [1.29, 1.82) is 0 Å². The summed E-state index contributed by atoms with van der Waals surface area (Å²) in [5.41, 5.74) is 0.203. The minimum Gasteiger partial charge on any atom is -0.489 e. The van der Waals surface area contributed by atoms with Crippen LogP contribution in [0.25, 0.3) is 0 Å². The molecule has 0 aromatic carbocycles. The molecular formula is C15H23N3O. The number of fused-ring (bicyclic) bond motifs is 3. The molecule has 0 radical (unpaired) electrons. The first-order valence-corrected chi connectivity index (χ1v) is 7.08. The molecule has 0 N–H and O–H groups in total. The van der Waals surface area contributed by atoms with Crippen LogP contribution in [0, 0.1) is 5.41 Å². The molecule has 4 heteroatoms. The summed E-state index contributed by atoms with van der Waals surface area (Å²) in [5, 5.41) is 0. The van der Waals surface area contributed by atoms with E-state index in [1.165, 1.54) is 0 Å². The topological polar surface area (TPSA) is 28.6 Å². The summed E-state index contributed by atoms with van der Waals surface area (Å²) in [6, 6.07) is 4.53. The van der Waals surface area contributed by atoms with Crippen molar-refractivity contribution in [3.05, 3.63) is 18.3 Å². The maximum atomic E-state index is 6.00. The van der Waals surface area contributed by atoms with Crippen LogP contribution < -0.4 is 9.64 Å². The molecular weight excluding hydrogens is 238 g/mol. The van der Waals surface area contributed by atoms with Gasteiger partial charge in [-0.3, -0.25) is 0 Å². The average molecular weight is 261 g/mol. The Morgan fingerprint density at radius 2 is 2.21 bits per heavy atom. The average Bonchev–Trinajstić information content (AvgIpc) is 2.35. The summed E-state index contributed by atoms with van der Waals surface area (Å²) in [6.07, 6.45) is 3.01. The van der Waals surface area contributed by atoms with Crippen molar-refractivity contribution in [1.82, 2.24) is 9.88 Å². The molecule has 0 aliphatic carbocycles. The number of likely N-dealkylation sites (N-methyl/N-ethyl adjacent to an activating group) is 1. The number of piperazine rings is 1. The van der Waals surface area contributed by atoms with Crippen molar-refractivity contribution >= 4 is 5.82 Å². The fourth-order valence-electron chi connectivity index (χ4n) is 3.14. The number of hydrogen-bond acceptors (Lipinski definition) is 4. The van der Waals surface area contributed by atoms with Gasteiger partial charge < -0.3 is 14.5 Å². The van der Waals surface area contributed by atoms with Gasteiger partial charge in [-0.05, 0) is 25.6 Å². The molecule has 2 aliphatic rings. The quantitative estimate of drug-likeness (QED) is 0.714. The molecule has 3 heterocycles. The van der Waals surface area contributed by atoms with Gasteiger partial charge in [0.05, 0.1) is 6.61 Å². The van der Waals surface area contributed by atoms with E-state index in [9.17, 15) is 0 Å². The first kappa shape index (κ1) is 12.7. The van der Waals surface area contributed by atoms with E-state index in [1.54, 1.807) is 0 Å². The van der Waals surface area contributed by atoms with Crippen LogP contribution in [-0.2, 0) is 0 Å². The van der Waals surface area contributed by atoms with Gasteiger partial charge in [0.1, 0.15) is 0 Å². The molecule has 4 nitrogen and oxygen atoms in total. The zero-order valence-corrected chi connectivity index (χ0v) is 12.1. The Labute approximate surface area is 115 Å². The lowest BCUT2D eigenvalue weighted by Crippen LogP contribution is -2.54. The molecule has 1 saturated heterocycles. The van der Waals surface area contributed by atoms with Crippen LogP contribution in [0.15, 0.2) is 18.3 Å². The monoisotopic (exact) mass is 261 g/mol. The highest BCUT2D eigenvalue weighted by Gasteiger charge is 2.35. The van der Waals surface area contributed by atoms with Crippen LogP contribution in [0.4, 0.5) is 5.82 Å². The van der Waals surface area contributed by atoms with E-state index in [-0.39, 0.29) is 5.41 Å². The SMILES string of the molecule is CN1CCN2c3ncccc3OCC(C)(C)CC2C1. The number of pyridine rings is 1. The summed E-state index contributed by atoms with van der Waals surface area (Å²) < 4.78 is 6.00. The van der Waals surface area contributed by atoms with Gasteiger partial charge >= 0.3 is 0 Å². The second kappa shape index (κ2) is 4.67. The summed E-state index contributed by atoms with van der Waals surface area (Å²) in [4.78, 5) is 9.42. The molecule has 2 aliphatic heterocycles. The van der Waals surface area contributed by atoms with E-state index in [4.69, 9.17) is 4.74 Å². The number of anilines is 1. The van der Waals surface area contributed by atoms with Crippen LogP contribution in [-0.4, -0.2) is 49.2 Å². The standard InChI is InChI=1S/C15H23N3O/c1-15(2)9-12-10-17(3)7-8-18(12)14-13(19-11-15)5-4-6-16-14/h4-6,12H,7-11H2,1-3H3. The molecule has 19 heavy (non-hydrogen) atoms. The maximum absolute atomic E-state index is 6.00. The molecule has 0 bridgehead atoms. The van der Waals surface area contributed by atoms with Crippen LogP contribution >= 0.6 is 0 Å². The Bertz CT molecular complexity index is 460. The molecule has 1 fully saturated rings. The zero-order chi connectivity index (χ0) is 13.5. The summed E-state index contributed by atoms with van der Waals surface area (Å²) in [5.74, 6) is 1.96. The van der Waals surface area contributed by atoms with E-state index < -0.39 is 0 Å². The first-order chi connectivity index (χ1) is 9.05. The lowest BCUT2D eigenvalue weighted by molar-refractivity contribution is 0.131. The van der Waals surface area contributed by atoms with Crippen molar-refractivity contribution < 1.29 is 4.74 Å². The van der Waals surface area contributed by atoms with Gasteiger partial charge in [-0.2, -0.15) is 0 Å². The van der Waals surface area contributed by atoms with E-state index >= 15 is 0 Å². The largest absolute Gasteiger partial charge is 0.489 e. The van der Waals surface area contributed by atoms with Crippen LogP contribution in [0.1, 0.15) is 20.3 Å². The van der Waals surface area contributed by atoms with Gasteiger partial charge in [0.25, 0.3) is 0 Å². The molecule has 1 unspecified atom stereocenters. The number of nitrogens with zero attached hydrogens (tertiary/aromatic N) is 3. The van der Waals surface area contributed by atoms with E-state index in [0.29, 0.717) is 6.04 Å². The fraction of sp³-hybridized carbons (Fsp3) is 0.667. The second-order valence-corrected chi connectivity index (χ2v) is 6.59. The van der Waals surface area contributed by atoms with Gasteiger partial charge in [0, 0.05) is 37.3 Å². The third-order valence-electron chi connectivity index (χ3n) is 4.12. The van der Waals surface area contributed by atoms with E-state index in [0.717, 1.165) is 44.2 Å². The summed E-state index contributed by atoms with van der Waals surface area (Å²) in [6.45, 7) is 8.58. The van der Waals surface area contributed by atoms with Crippen molar-refractivity contribution in [2.24, 2.45) is 5.41 Å². The molecule has 0 spiro atoms. The van der Waals surface area contributed by atoms with Crippen LogP contribution in [0.3, 0.4) is 0 Å². The molecule has 3 rings (SSSR count). The first-order valence-electron chi connectivity index (χ1n) is 7.08. The van der Waals surface area contributed by atoms with Gasteiger partial charge in [-0.1, -0.05) is 13.8 Å². The van der Waals surface area contributed by atoms with E-state index in [1.807, 2.05) is 18.3 Å². The van der Waals surface area contributed by atoms with Crippen molar-refractivity contribution in [3.8, 4) is 5.75 Å². The van der Waals surface area contributed by atoms with E-state index in [2.05, 4.69) is 35.7 Å². The molecule has 1 aromatic rings. The van der Waals surface area contributed by atoms with Crippen molar-refractivity contribution in [2.75, 3.05) is 38.2 Å². The van der Waals surface area contributed by atoms with Crippen molar-refractivity contribution in [2.45, 2.75) is 26.3 Å². The fourth-order valence-corrected chi connectivity index (χ4v) is 3.14. The Hall–Kier alpha value is -1.29. The highest BCUT2D eigenvalue weighted by atomic mass is 16.5. The van der Waals surface area contributed by atoms with Crippen LogP contribution in [0.2, 0.25) is 0 Å². The predicted octanol–water partition coefficient (Wildman–Crippen LogP) is 2.01. The van der Waals surface area contributed by atoms with Gasteiger partial charge in [-0.25, -0.2) is 4.98 Å². The van der Waals surface area contributed by atoms with Crippen LogP contribution in [0.5, 0.6) is 5.75 Å². The zero-order valence-electron chi connectivity index (χ0n) is 12.1. The number of aromatic nitrogens is 1. The Balaban J connectivity index is 1.98. The van der Waals surface area contributed by atoms with Crippen molar-refractivity contribution in [3.63, 3.8) is 0 Å². The third kappa shape index (κ3) is 2.54. The normalized spacial score (nSPS) is 26.7. The molecule has 104 valence electrons. The lowest BCUT2D eigenvalue weighted by atomic mass is 9.84. The minimum atomic E-state index is 0.203. The van der Waals surface area contributed by atoms with Gasteiger partial charge in [0.2, 0.25) is 0 Å².